The first-order valence-corrected chi connectivity index (χ1v) is 8.16. The highest BCUT2D eigenvalue weighted by Gasteiger charge is 2.10. The lowest BCUT2D eigenvalue weighted by molar-refractivity contribution is -0.122. The highest BCUT2D eigenvalue weighted by molar-refractivity contribution is 5.78. The van der Waals surface area contributed by atoms with Gasteiger partial charge in [0, 0.05) is 12.6 Å². The van der Waals surface area contributed by atoms with Crippen molar-refractivity contribution in [3.05, 3.63) is 29.8 Å². The number of methoxy groups -OCH3 is 1. The maximum Gasteiger partial charge on any atom is 0.234 e. The average molecular weight is 306 g/mol. The van der Waals surface area contributed by atoms with Gasteiger partial charge in [0.2, 0.25) is 5.91 Å². The van der Waals surface area contributed by atoms with Crippen molar-refractivity contribution in [3.8, 4) is 5.75 Å². The van der Waals surface area contributed by atoms with E-state index in [4.69, 9.17) is 4.74 Å². The molecule has 0 aliphatic carbocycles. The van der Waals surface area contributed by atoms with E-state index in [-0.39, 0.29) is 11.9 Å². The summed E-state index contributed by atoms with van der Waals surface area (Å²) in [6.45, 7) is 5.41. The van der Waals surface area contributed by atoms with Gasteiger partial charge in [-0.25, -0.2) is 0 Å². The van der Waals surface area contributed by atoms with Gasteiger partial charge in [0.05, 0.1) is 13.7 Å². The fourth-order valence-corrected chi connectivity index (χ4v) is 2.48. The maximum atomic E-state index is 12.0. The summed E-state index contributed by atoms with van der Waals surface area (Å²) >= 11 is 0. The molecule has 4 heteroatoms. The smallest absolute Gasteiger partial charge is 0.234 e. The van der Waals surface area contributed by atoms with Crippen LogP contribution in [-0.4, -0.2) is 37.6 Å². The third-order valence-electron chi connectivity index (χ3n) is 3.65. The van der Waals surface area contributed by atoms with Crippen molar-refractivity contribution in [2.24, 2.45) is 0 Å². The van der Waals surface area contributed by atoms with Crippen molar-refractivity contribution in [1.82, 2.24) is 10.2 Å². The Morgan fingerprint density at radius 2 is 2.14 bits per heavy atom. The summed E-state index contributed by atoms with van der Waals surface area (Å²) in [6.07, 6.45) is 4.68. The number of nitrogens with one attached hydrogen (secondary N) is 1. The minimum absolute atomic E-state index is 0.0920. The van der Waals surface area contributed by atoms with E-state index in [9.17, 15) is 4.79 Å². The minimum atomic E-state index is 0.0920. The van der Waals surface area contributed by atoms with Gasteiger partial charge in [-0.05, 0) is 38.1 Å². The number of rotatable bonds is 10. The summed E-state index contributed by atoms with van der Waals surface area (Å²) in [5, 5.41) is 3.07. The average Bonchev–Trinajstić information content (AvgIpc) is 2.47. The Kier molecular flexibility index (Phi) is 8.60. The number of carbonyl (C=O) groups is 1. The molecule has 1 unspecified atom stereocenters. The van der Waals surface area contributed by atoms with Gasteiger partial charge in [-0.2, -0.15) is 0 Å². The van der Waals surface area contributed by atoms with Crippen LogP contribution in [-0.2, 0) is 11.3 Å². The molecule has 0 saturated carbocycles. The molecule has 1 N–H and O–H groups in total. The minimum Gasteiger partial charge on any atom is -0.497 e. The van der Waals surface area contributed by atoms with Gasteiger partial charge in [-0.15, -0.1) is 0 Å². The number of hydrogen-bond acceptors (Lipinski definition) is 3. The normalized spacial score (nSPS) is 12.2. The molecule has 1 atom stereocenters. The molecule has 124 valence electrons. The number of ether oxygens (including phenoxy) is 1. The first-order chi connectivity index (χ1) is 10.5. The van der Waals surface area contributed by atoms with Crippen LogP contribution in [0.4, 0.5) is 0 Å². The molecule has 1 rings (SSSR count). The first-order valence-electron chi connectivity index (χ1n) is 8.16. The summed E-state index contributed by atoms with van der Waals surface area (Å²) in [6, 6.07) is 8.20. The molecule has 0 bridgehead atoms. The van der Waals surface area contributed by atoms with E-state index in [1.807, 2.05) is 36.2 Å². The summed E-state index contributed by atoms with van der Waals surface area (Å²) in [5.74, 6) is 0.939. The molecule has 0 heterocycles. The predicted molar refractivity (Wildman–Crippen MR) is 91.1 cm³/mol. The molecule has 0 spiro atoms. The highest BCUT2D eigenvalue weighted by Crippen LogP contribution is 2.13. The molecule has 1 amide bonds. The number of carbonyl (C=O) groups excluding carboxylic acids is 1. The van der Waals surface area contributed by atoms with Crippen molar-refractivity contribution < 1.29 is 9.53 Å². The van der Waals surface area contributed by atoms with Crippen molar-refractivity contribution in [1.29, 1.82) is 0 Å². The van der Waals surface area contributed by atoms with E-state index >= 15 is 0 Å². The molecule has 0 radical (unpaired) electrons. The van der Waals surface area contributed by atoms with E-state index in [2.05, 4.69) is 19.2 Å². The molecule has 22 heavy (non-hydrogen) atoms. The van der Waals surface area contributed by atoms with Crippen LogP contribution in [0.15, 0.2) is 24.3 Å². The summed E-state index contributed by atoms with van der Waals surface area (Å²) in [4.78, 5) is 14.0. The van der Waals surface area contributed by atoms with Crippen molar-refractivity contribution in [2.75, 3.05) is 20.7 Å². The van der Waals surface area contributed by atoms with Crippen LogP contribution in [0.3, 0.4) is 0 Å². The molecule has 0 aromatic heterocycles. The molecule has 0 fully saturated rings. The van der Waals surface area contributed by atoms with E-state index in [1.54, 1.807) is 7.11 Å². The summed E-state index contributed by atoms with van der Waals surface area (Å²) in [7, 11) is 3.62. The van der Waals surface area contributed by atoms with Crippen LogP contribution in [0, 0.1) is 0 Å². The van der Waals surface area contributed by atoms with Crippen LogP contribution in [0.25, 0.3) is 0 Å². The standard InChI is InChI=1S/C18H30N2O2/c1-5-6-7-9-15(2)19-18(21)14-20(3)13-16-10-8-11-17(12-16)22-4/h8,10-12,15H,5-7,9,13-14H2,1-4H3,(H,19,21). The Morgan fingerprint density at radius 3 is 2.82 bits per heavy atom. The van der Waals surface area contributed by atoms with E-state index in [0.717, 1.165) is 24.3 Å². The van der Waals surface area contributed by atoms with Gasteiger partial charge in [-0.3, -0.25) is 9.69 Å². The van der Waals surface area contributed by atoms with Gasteiger partial charge in [-0.1, -0.05) is 38.3 Å². The zero-order valence-corrected chi connectivity index (χ0v) is 14.4. The zero-order valence-electron chi connectivity index (χ0n) is 14.4. The van der Waals surface area contributed by atoms with Gasteiger partial charge in [0.25, 0.3) is 0 Å². The molecule has 1 aromatic carbocycles. The van der Waals surface area contributed by atoms with Crippen LogP contribution in [0.1, 0.15) is 45.1 Å². The Bertz CT molecular complexity index is 448. The third kappa shape index (κ3) is 7.46. The second-order valence-corrected chi connectivity index (χ2v) is 5.99. The topological polar surface area (TPSA) is 41.6 Å². The fraction of sp³-hybridized carbons (Fsp3) is 0.611. The molecule has 4 nitrogen and oxygen atoms in total. The van der Waals surface area contributed by atoms with Gasteiger partial charge in [0.1, 0.15) is 5.75 Å². The summed E-state index contributed by atoms with van der Waals surface area (Å²) in [5.41, 5.74) is 1.14. The van der Waals surface area contributed by atoms with Crippen molar-refractivity contribution in [2.45, 2.75) is 52.1 Å². The molecule has 0 saturated heterocycles. The lowest BCUT2D eigenvalue weighted by Gasteiger charge is -2.19. The van der Waals surface area contributed by atoms with Gasteiger partial charge in [0.15, 0.2) is 0 Å². The van der Waals surface area contributed by atoms with Crippen LogP contribution >= 0.6 is 0 Å². The van der Waals surface area contributed by atoms with E-state index in [0.29, 0.717) is 6.54 Å². The summed E-state index contributed by atoms with van der Waals surface area (Å²) < 4.78 is 5.22. The monoisotopic (exact) mass is 306 g/mol. The molecular weight excluding hydrogens is 276 g/mol. The fourth-order valence-electron chi connectivity index (χ4n) is 2.48. The Labute approximate surface area is 134 Å². The Balaban J connectivity index is 2.34. The molecule has 0 aliphatic heterocycles. The number of amides is 1. The predicted octanol–water partition coefficient (Wildman–Crippen LogP) is 3.21. The SMILES string of the molecule is CCCCCC(C)NC(=O)CN(C)Cc1cccc(OC)c1. The van der Waals surface area contributed by atoms with Crippen LogP contribution in [0.2, 0.25) is 0 Å². The van der Waals surface area contributed by atoms with Gasteiger partial charge < -0.3 is 10.1 Å². The van der Waals surface area contributed by atoms with Crippen LogP contribution < -0.4 is 10.1 Å². The second kappa shape index (κ2) is 10.2. The largest absolute Gasteiger partial charge is 0.497 e. The molecule has 1 aromatic rings. The van der Waals surface area contributed by atoms with Crippen molar-refractivity contribution in [3.63, 3.8) is 0 Å². The van der Waals surface area contributed by atoms with E-state index < -0.39 is 0 Å². The Morgan fingerprint density at radius 1 is 1.36 bits per heavy atom. The maximum absolute atomic E-state index is 12.0. The van der Waals surface area contributed by atoms with Crippen LogP contribution in [0.5, 0.6) is 5.75 Å². The second-order valence-electron chi connectivity index (χ2n) is 5.99. The molecule has 0 aliphatic rings. The van der Waals surface area contributed by atoms with Crippen molar-refractivity contribution >= 4 is 5.91 Å². The number of unbranched alkanes of at least 4 members (excludes halogenated alkanes) is 2. The number of likely N-dealkylation sites (N-methyl/N-ethyl adjacent to an activating group) is 1. The lowest BCUT2D eigenvalue weighted by atomic mass is 10.1. The van der Waals surface area contributed by atoms with Gasteiger partial charge >= 0.3 is 0 Å². The molecular formula is C18H30N2O2. The number of nitrogens with zero attached hydrogens (tertiary/aromatic N) is 1. The first kappa shape index (κ1) is 18.5. The lowest BCUT2D eigenvalue weighted by Crippen LogP contribution is -2.39. The highest BCUT2D eigenvalue weighted by atomic mass is 16.5. The Hall–Kier alpha value is -1.55. The number of benzene rings is 1. The quantitative estimate of drug-likeness (QED) is 0.675. The van der Waals surface area contributed by atoms with E-state index in [1.165, 1.54) is 19.3 Å². The third-order valence-corrected chi connectivity index (χ3v) is 3.65. The number of hydrogen-bond donors (Lipinski definition) is 1. The zero-order chi connectivity index (χ0) is 16.4.